The quantitative estimate of drug-likeness (QED) is 0.110. The summed E-state index contributed by atoms with van der Waals surface area (Å²) in [6.45, 7) is 4.03. The van der Waals surface area contributed by atoms with E-state index in [0.29, 0.717) is 22.9 Å². The molecule has 5 rings (SSSR count). The van der Waals surface area contributed by atoms with Gasteiger partial charge in [-0.2, -0.15) is 0 Å². The Morgan fingerprint density at radius 3 is 2.49 bits per heavy atom. The molecular weight excluding hydrogens is 536 g/mol. The number of benzene rings is 4. The number of nitrogens with zero attached hydrogens (tertiary/aromatic N) is 1. The number of aliphatic imine (C=N–C) groups is 1. The number of hydrogen-bond donors (Lipinski definition) is 4. The summed E-state index contributed by atoms with van der Waals surface area (Å²) in [4.78, 5) is 17.4. The summed E-state index contributed by atoms with van der Waals surface area (Å²) in [6, 6.07) is 22.5. The predicted octanol–water partition coefficient (Wildman–Crippen LogP) is 6.04. The number of phenolic OH excluding ortho intramolecular Hbond substituents is 1. The first kappa shape index (κ1) is 28.2. The molecule has 1 unspecified atom stereocenters. The van der Waals surface area contributed by atoms with Gasteiger partial charge in [0.25, 0.3) is 5.91 Å². The number of aromatic hydroxyl groups is 1. The molecule has 1 amide bonds. The highest BCUT2D eigenvalue weighted by Crippen LogP contribution is 2.46. The van der Waals surface area contributed by atoms with E-state index in [4.69, 9.17) is 20.9 Å². The molecule has 6 N–H and O–H groups in total. The number of nitrogens with two attached hydrogens (primary N) is 2. The van der Waals surface area contributed by atoms with Crippen molar-refractivity contribution in [2.75, 3.05) is 17.7 Å². The molecule has 8 nitrogen and oxygen atoms in total. The number of anilines is 1. The Kier molecular flexibility index (Phi) is 8.26. The average Bonchev–Trinajstić information content (AvgIpc) is 2.96. The van der Waals surface area contributed by atoms with Gasteiger partial charge in [-0.3, -0.25) is 4.79 Å². The van der Waals surface area contributed by atoms with E-state index in [1.54, 1.807) is 36.0 Å². The Morgan fingerprint density at radius 1 is 1.07 bits per heavy atom. The zero-order chi connectivity index (χ0) is 29.0. The Hall–Kier alpha value is -4.37. The van der Waals surface area contributed by atoms with Crippen molar-refractivity contribution in [3.05, 3.63) is 83.9 Å². The van der Waals surface area contributed by atoms with Crippen molar-refractivity contribution < 1.29 is 19.4 Å². The van der Waals surface area contributed by atoms with Crippen molar-refractivity contribution in [1.29, 1.82) is 0 Å². The molecule has 0 saturated carbocycles. The number of nitrogens with one attached hydrogen (secondary N) is 1. The lowest BCUT2D eigenvalue weighted by Gasteiger charge is -2.37. The molecule has 0 fully saturated rings. The van der Waals surface area contributed by atoms with Gasteiger partial charge < -0.3 is 31.4 Å². The summed E-state index contributed by atoms with van der Waals surface area (Å²) < 4.78 is 12.2. The smallest absolute Gasteiger partial charge is 0.262 e. The van der Waals surface area contributed by atoms with Gasteiger partial charge in [0.2, 0.25) is 0 Å². The van der Waals surface area contributed by atoms with Gasteiger partial charge in [-0.05, 0) is 87.2 Å². The van der Waals surface area contributed by atoms with E-state index in [1.807, 2.05) is 55.5 Å². The van der Waals surface area contributed by atoms with Gasteiger partial charge in [-0.1, -0.05) is 24.3 Å². The summed E-state index contributed by atoms with van der Waals surface area (Å²) in [5.74, 6) is 2.42. The highest BCUT2D eigenvalue weighted by atomic mass is 32.2. The van der Waals surface area contributed by atoms with E-state index in [2.05, 4.69) is 17.2 Å². The lowest BCUT2D eigenvalue weighted by Crippen LogP contribution is -2.37. The van der Waals surface area contributed by atoms with Crippen LogP contribution in [0.4, 0.5) is 11.4 Å². The third-order valence-corrected chi connectivity index (χ3v) is 8.28. The maximum absolute atomic E-state index is 12.4. The van der Waals surface area contributed by atoms with Crippen LogP contribution in [-0.2, 0) is 11.2 Å². The Balaban J connectivity index is 1.11. The number of thioether (sulfide) groups is 1. The molecule has 1 aliphatic heterocycles. The minimum atomic E-state index is -0.286. The maximum atomic E-state index is 12.4. The molecule has 9 heteroatoms. The lowest BCUT2D eigenvalue weighted by molar-refractivity contribution is -0.118. The maximum Gasteiger partial charge on any atom is 0.262 e. The standard InChI is InChI=1S/C32H34N4O4S/c1-20-25-15-16-32(2,40-30(25)27-6-4-3-5-26(27)29(20)38)17-18-41-24-13-9-21(10-14-24)35-28(37)19-39-23-11-7-22(8-12-23)36-31(33)34/h3-14,38H,15-19H2,1-2H3,(H,35,37)(H4,33,34,36). The van der Waals surface area contributed by atoms with Crippen LogP contribution in [0.2, 0.25) is 0 Å². The second kappa shape index (κ2) is 12.0. The van der Waals surface area contributed by atoms with Gasteiger partial charge in [0, 0.05) is 32.7 Å². The molecule has 4 aromatic carbocycles. The summed E-state index contributed by atoms with van der Waals surface area (Å²) in [5, 5.41) is 15.3. The third kappa shape index (κ3) is 6.69. The SMILES string of the molecule is Cc1c2c(c3ccccc3c1O)OC(C)(CCSc1ccc(NC(=O)COc3ccc(N=C(N)N)cc3)cc1)CC2. The molecule has 1 atom stereocenters. The molecule has 0 bridgehead atoms. The average molecular weight is 571 g/mol. The second-order valence-electron chi connectivity index (χ2n) is 10.4. The van der Waals surface area contributed by atoms with Gasteiger partial charge in [-0.25, -0.2) is 4.99 Å². The molecule has 0 spiro atoms. The fourth-order valence-corrected chi connectivity index (χ4v) is 6.08. The van der Waals surface area contributed by atoms with Crippen LogP contribution in [0.3, 0.4) is 0 Å². The van der Waals surface area contributed by atoms with E-state index in [0.717, 1.165) is 57.6 Å². The van der Waals surface area contributed by atoms with Crippen LogP contribution in [0.25, 0.3) is 10.8 Å². The normalized spacial score (nSPS) is 16.0. The number of guanidine groups is 1. The number of amides is 1. The van der Waals surface area contributed by atoms with E-state index in [-0.39, 0.29) is 24.1 Å². The zero-order valence-electron chi connectivity index (χ0n) is 23.1. The first-order valence-corrected chi connectivity index (χ1v) is 14.5. The van der Waals surface area contributed by atoms with E-state index < -0.39 is 0 Å². The molecule has 0 radical (unpaired) electrons. The highest BCUT2D eigenvalue weighted by Gasteiger charge is 2.34. The van der Waals surface area contributed by atoms with Crippen LogP contribution in [0.1, 0.15) is 30.9 Å². The Bertz CT molecular complexity index is 1580. The van der Waals surface area contributed by atoms with Crippen LogP contribution in [-0.4, -0.2) is 34.9 Å². The number of rotatable bonds is 9. The molecule has 0 saturated heterocycles. The highest BCUT2D eigenvalue weighted by molar-refractivity contribution is 7.99. The molecule has 1 heterocycles. The van der Waals surface area contributed by atoms with Gasteiger partial charge in [0.15, 0.2) is 12.6 Å². The monoisotopic (exact) mass is 570 g/mol. The molecule has 1 aliphatic rings. The van der Waals surface area contributed by atoms with E-state index in [9.17, 15) is 9.90 Å². The van der Waals surface area contributed by atoms with Crippen LogP contribution in [0.5, 0.6) is 17.2 Å². The summed E-state index contributed by atoms with van der Waals surface area (Å²) in [6.07, 6.45) is 2.66. The zero-order valence-corrected chi connectivity index (χ0v) is 24.0. The van der Waals surface area contributed by atoms with Crippen LogP contribution in [0.15, 0.2) is 82.7 Å². The van der Waals surface area contributed by atoms with Crippen molar-refractivity contribution in [2.45, 2.75) is 43.6 Å². The Labute approximate surface area is 243 Å². The van der Waals surface area contributed by atoms with Gasteiger partial charge in [0.1, 0.15) is 22.8 Å². The molecule has 0 aromatic heterocycles. The molecule has 41 heavy (non-hydrogen) atoms. The molecule has 212 valence electrons. The fourth-order valence-electron chi connectivity index (χ4n) is 4.98. The summed E-state index contributed by atoms with van der Waals surface area (Å²) >= 11 is 1.76. The van der Waals surface area contributed by atoms with Crippen molar-refractivity contribution in [1.82, 2.24) is 0 Å². The first-order valence-electron chi connectivity index (χ1n) is 13.5. The summed E-state index contributed by atoms with van der Waals surface area (Å²) in [5.41, 5.74) is 13.8. The third-order valence-electron chi connectivity index (χ3n) is 7.26. The van der Waals surface area contributed by atoms with E-state index in [1.165, 1.54) is 0 Å². The number of hydrogen-bond acceptors (Lipinski definition) is 6. The van der Waals surface area contributed by atoms with Gasteiger partial charge in [-0.15, -0.1) is 11.8 Å². The number of carbonyl (C=O) groups excluding carboxylic acids is 1. The van der Waals surface area contributed by atoms with Crippen molar-refractivity contribution in [3.8, 4) is 17.2 Å². The van der Waals surface area contributed by atoms with Crippen molar-refractivity contribution in [2.24, 2.45) is 16.5 Å². The van der Waals surface area contributed by atoms with E-state index >= 15 is 0 Å². The second-order valence-corrected chi connectivity index (χ2v) is 11.5. The van der Waals surface area contributed by atoms with Crippen LogP contribution >= 0.6 is 11.8 Å². The first-order chi connectivity index (χ1) is 19.7. The molecular formula is C32H34N4O4S. The number of phenols is 1. The van der Waals surface area contributed by atoms with Crippen LogP contribution in [0, 0.1) is 6.92 Å². The number of carbonyl (C=O) groups is 1. The van der Waals surface area contributed by atoms with Crippen molar-refractivity contribution in [3.63, 3.8) is 0 Å². The number of fused-ring (bicyclic) bond motifs is 3. The molecule has 4 aromatic rings. The van der Waals surface area contributed by atoms with Crippen molar-refractivity contribution >= 4 is 45.8 Å². The number of ether oxygens (including phenoxy) is 2. The lowest BCUT2D eigenvalue weighted by atomic mass is 9.86. The Morgan fingerprint density at radius 2 is 1.78 bits per heavy atom. The molecule has 0 aliphatic carbocycles. The van der Waals surface area contributed by atoms with Gasteiger partial charge >= 0.3 is 0 Å². The largest absolute Gasteiger partial charge is 0.507 e. The minimum Gasteiger partial charge on any atom is -0.507 e. The predicted molar refractivity (Wildman–Crippen MR) is 166 cm³/mol. The fraction of sp³-hybridized carbons (Fsp3) is 0.250. The topological polar surface area (TPSA) is 132 Å². The van der Waals surface area contributed by atoms with Gasteiger partial charge in [0.05, 0.1) is 5.69 Å². The minimum absolute atomic E-state index is 0.0207. The van der Waals surface area contributed by atoms with Crippen LogP contribution < -0.4 is 26.3 Å². The summed E-state index contributed by atoms with van der Waals surface area (Å²) in [7, 11) is 0.